The monoisotopic (exact) mass is 251 g/mol. The number of hydrogen-bond donors (Lipinski definition) is 2. The fraction of sp³-hybridized carbons (Fsp3) is 0.571. The molecule has 1 unspecified atom stereocenters. The molecule has 1 aliphatic rings. The smallest absolute Gasteiger partial charge is 0.127 e. The van der Waals surface area contributed by atoms with Crippen molar-refractivity contribution in [2.75, 3.05) is 37.2 Å². The van der Waals surface area contributed by atoms with E-state index >= 15 is 0 Å². The van der Waals surface area contributed by atoms with Crippen LogP contribution in [0.25, 0.3) is 0 Å². The van der Waals surface area contributed by atoms with E-state index in [1.54, 1.807) is 6.07 Å². The molecule has 100 valence electrons. The molecule has 0 amide bonds. The molecule has 1 fully saturated rings. The summed E-state index contributed by atoms with van der Waals surface area (Å²) < 4.78 is 13.2. The quantitative estimate of drug-likeness (QED) is 0.790. The number of nitrogens with one attached hydrogen (secondary N) is 1. The van der Waals surface area contributed by atoms with Gasteiger partial charge in [0.25, 0.3) is 0 Å². The zero-order chi connectivity index (χ0) is 13.0. The lowest BCUT2D eigenvalue weighted by molar-refractivity contribution is 0.294. The highest BCUT2D eigenvalue weighted by Crippen LogP contribution is 2.16. The Kier molecular flexibility index (Phi) is 4.42. The standard InChI is InChI=1S/C14H22FN3/c1-11(10-18-4-2-3-5-18)9-17-14-7-12(15)6-13(16)8-14/h6-8,11,17H,2-5,9-10,16H2,1H3. The van der Waals surface area contributed by atoms with E-state index in [1.165, 1.54) is 38.1 Å². The average Bonchev–Trinajstić information content (AvgIpc) is 2.78. The number of nitrogen functional groups attached to an aromatic ring is 1. The molecule has 0 spiro atoms. The van der Waals surface area contributed by atoms with Crippen molar-refractivity contribution in [3.63, 3.8) is 0 Å². The molecule has 0 radical (unpaired) electrons. The molecular formula is C14H22FN3. The summed E-state index contributed by atoms with van der Waals surface area (Å²) in [6.07, 6.45) is 2.64. The van der Waals surface area contributed by atoms with Crippen LogP contribution in [0.2, 0.25) is 0 Å². The van der Waals surface area contributed by atoms with Gasteiger partial charge in [-0.1, -0.05) is 6.92 Å². The fourth-order valence-corrected chi connectivity index (χ4v) is 2.48. The lowest BCUT2D eigenvalue weighted by atomic mass is 10.1. The summed E-state index contributed by atoms with van der Waals surface area (Å²) in [5.41, 5.74) is 6.84. The van der Waals surface area contributed by atoms with E-state index in [2.05, 4.69) is 17.1 Å². The Hall–Kier alpha value is -1.29. The number of rotatable bonds is 5. The van der Waals surface area contributed by atoms with Crippen LogP contribution in [0.4, 0.5) is 15.8 Å². The number of hydrogen-bond acceptors (Lipinski definition) is 3. The van der Waals surface area contributed by atoms with Gasteiger partial charge in [-0.2, -0.15) is 0 Å². The molecule has 1 aliphatic heterocycles. The van der Waals surface area contributed by atoms with Crippen LogP contribution in [-0.2, 0) is 0 Å². The molecule has 0 saturated carbocycles. The molecule has 1 aromatic rings. The first-order chi connectivity index (χ1) is 8.63. The third-order valence-electron chi connectivity index (χ3n) is 3.34. The summed E-state index contributed by atoms with van der Waals surface area (Å²) in [4.78, 5) is 2.49. The van der Waals surface area contributed by atoms with Crippen LogP contribution in [0.3, 0.4) is 0 Å². The van der Waals surface area contributed by atoms with Gasteiger partial charge in [-0.05, 0) is 50.0 Å². The van der Waals surface area contributed by atoms with Gasteiger partial charge in [0, 0.05) is 24.5 Å². The highest BCUT2D eigenvalue weighted by atomic mass is 19.1. The predicted octanol–water partition coefficient (Wildman–Crippen LogP) is 2.55. The Balaban J connectivity index is 1.79. The Bertz CT molecular complexity index is 368. The molecule has 3 N–H and O–H groups in total. The van der Waals surface area contributed by atoms with Crippen LogP contribution in [0.1, 0.15) is 19.8 Å². The molecule has 2 rings (SSSR count). The van der Waals surface area contributed by atoms with Crippen molar-refractivity contribution in [3.8, 4) is 0 Å². The molecule has 1 heterocycles. The Morgan fingerprint density at radius 1 is 1.33 bits per heavy atom. The summed E-state index contributed by atoms with van der Waals surface area (Å²) in [5, 5.41) is 3.25. The van der Waals surface area contributed by atoms with Gasteiger partial charge in [0.15, 0.2) is 0 Å². The van der Waals surface area contributed by atoms with Crippen molar-refractivity contribution in [1.82, 2.24) is 4.90 Å². The zero-order valence-corrected chi connectivity index (χ0v) is 11.0. The number of nitrogens with zero attached hydrogens (tertiary/aromatic N) is 1. The Labute approximate surface area is 108 Å². The minimum absolute atomic E-state index is 0.287. The van der Waals surface area contributed by atoms with Crippen LogP contribution in [0, 0.1) is 11.7 Å². The van der Waals surface area contributed by atoms with Gasteiger partial charge in [0.05, 0.1) is 0 Å². The van der Waals surface area contributed by atoms with Crippen LogP contribution in [0.5, 0.6) is 0 Å². The second-order valence-corrected chi connectivity index (χ2v) is 5.27. The van der Waals surface area contributed by atoms with Gasteiger partial charge >= 0.3 is 0 Å². The van der Waals surface area contributed by atoms with Gasteiger partial charge in [0.1, 0.15) is 5.82 Å². The molecule has 3 nitrogen and oxygen atoms in total. The number of likely N-dealkylation sites (tertiary alicyclic amines) is 1. The third-order valence-corrected chi connectivity index (χ3v) is 3.34. The number of benzene rings is 1. The number of nitrogens with two attached hydrogens (primary N) is 1. The number of anilines is 2. The molecule has 4 heteroatoms. The molecule has 1 saturated heterocycles. The molecular weight excluding hydrogens is 229 g/mol. The molecule has 0 aromatic heterocycles. The third kappa shape index (κ3) is 3.88. The summed E-state index contributed by atoms with van der Waals surface area (Å²) >= 11 is 0. The second kappa shape index (κ2) is 6.05. The maximum Gasteiger partial charge on any atom is 0.127 e. The summed E-state index contributed by atoms with van der Waals surface area (Å²) in [7, 11) is 0. The first-order valence-electron chi connectivity index (χ1n) is 6.66. The van der Waals surface area contributed by atoms with Gasteiger partial charge in [-0.25, -0.2) is 4.39 Å². The van der Waals surface area contributed by atoms with E-state index in [1.807, 2.05) is 0 Å². The lowest BCUT2D eigenvalue weighted by Gasteiger charge is -2.21. The highest BCUT2D eigenvalue weighted by Gasteiger charge is 2.14. The van der Waals surface area contributed by atoms with Crippen molar-refractivity contribution >= 4 is 11.4 Å². The van der Waals surface area contributed by atoms with Gasteiger partial charge in [-0.3, -0.25) is 0 Å². The SMILES string of the molecule is CC(CNc1cc(N)cc(F)c1)CN1CCCC1. The van der Waals surface area contributed by atoms with Gasteiger partial charge < -0.3 is 16.0 Å². The normalized spacial score (nSPS) is 17.9. The van der Waals surface area contributed by atoms with Crippen LogP contribution < -0.4 is 11.1 Å². The maximum atomic E-state index is 13.2. The van der Waals surface area contributed by atoms with Crippen LogP contribution >= 0.6 is 0 Å². The molecule has 1 aromatic carbocycles. The zero-order valence-electron chi connectivity index (χ0n) is 11.0. The van der Waals surface area contributed by atoms with E-state index in [9.17, 15) is 4.39 Å². The number of halogens is 1. The van der Waals surface area contributed by atoms with E-state index in [4.69, 9.17) is 5.73 Å². The first kappa shape index (κ1) is 13.1. The molecule has 18 heavy (non-hydrogen) atoms. The van der Waals surface area contributed by atoms with Crippen LogP contribution in [-0.4, -0.2) is 31.1 Å². The molecule has 0 bridgehead atoms. The highest BCUT2D eigenvalue weighted by molar-refractivity contribution is 5.54. The molecule has 1 atom stereocenters. The Morgan fingerprint density at radius 3 is 2.72 bits per heavy atom. The Morgan fingerprint density at radius 2 is 2.06 bits per heavy atom. The van der Waals surface area contributed by atoms with Crippen molar-refractivity contribution in [3.05, 3.63) is 24.0 Å². The average molecular weight is 251 g/mol. The van der Waals surface area contributed by atoms with Crippen molar-refractivity contribution < 1.29 is 4.39 Å². The lowest BCUT2D eigenvalue weighted by Crippen LogP contribution is -2.28. The summed E-state index contributed by atoms with van der Waals surface area (Å²) in [5.74, 6) is 0.261. The van der Waals surface area contributed by atoms with E-state index in [0.717, 1.165) is 18.8 Å². The minimum Gasteiger partial charge on any atom is -0.399 e. The maximum absolute atomic E-state index is 13.2. The first-order valence-corrected chi connectivity index (χ1v) is 6.66. The van der Waals surface area contributed by atoms with E-state index < -0.39 is 0 Å². The fourth-order valence-electron chi connectivity index (χ4n) is 2.48. The van der Waals surface area contributed by atoms with Crippen molar-refractivity contribution in [1.29, 1.82) is 0 Å². The summed E-state index contributed by atoms with van der Waals surface area (Å²) in [6.45, 7) is 6.61. The predicted molar refractivity (Wildman–Crippen MR) is 74.1 cm³/mol. The van der Waals surface area contributed by atoms with Crippen molar-refractivity contribution in [2.24, 2.45) is 5.92 Å². The molecule has 0 aliphatic carbocycles. The van der Waals surface area contributed by atoms with Crippen LogP contribution in [0.15, 0.2) is 18.2 Å². The van der Waals surface area contributed by atoms with Gasteiger partial charge in [0.2, 0.25) is 0 Å². The largest absolute Gasteiger partial charge is 0.399 e. The topological polar surface area (TPSA) is 41.3 Å². The second-order valence-electron chi connectivity index (χ2n) is 5.27. The van der Waals surface area contributed by atoms with E-state index in [-0.39, 0.29) is 5.82 Å². The van der Waals surface area contributed by atoms with Gasteiger partial charge in [-0.15, -0.1) is 0 Å². The van der Waals surface area contributed by atoms with E-state index in [0.29, 0.717) is 11.6 Å². The minimum atomic E-state index is -0.287. The summed E-state index contributed by atoms with van der Waals surface area (Å²) in [6, 6.07) is 4.59. The van der Waals surface area contributed by atoms with Crippen molar-refractivity contribution in [2.45, 2.75) is 19.8 Å².